The third-order valence-corrected chi connectivity index (χ3v) is 2.58. The van der Waals surface area contributed by atoms with Crippen LogP contribution in [0.2, 0.25) is 0 Å². The average molecular weight is 208 g/mol. The second-order valence-corrected chi connectivity index (χ2v) is 4.76. The molecule has 0 amide bonds. The monoisotopic (exact) mass is 208 g/mol. The molecule has 80 valence electrons. The minimum absolute atomic E-state index is 0.451. The Labute approximate surface area is 80.5 Å². The largest absolute Gasteiger partial charge is 0.747 e. The Bertz CT molecular complexity index is 213. The standard InChI is InChI=1S/C8H19NO3S/c1-3-8(2)5-4-6-9-7-13(10,11)12/h8-9H,3-7H2,1-2H3,(H,10,11,12)/p-1. The van der Waals surface area contributed by atoms with Crippen molar-refractivity contribution in [2.45, 2.75) is 33.1 Å². The van der Waals surface area contributed by atoms with Crippen molar-refractivity contribution in [2.24, 2.45) is 5.92 Å². The third kappa shape index (κ3) is 9.79. The third-order valence-electron chi connectivity index (χ3n) is 2.03. The van der Waals surface area contributed by atoms with Crippen molar-refractivity contribution in [1.82, 2.24) is 5.32 Å². The fourth-order valence-corrected chi connectivity index (χ4v) is 1.37. The van der Waals surface area contributed by atoms with Crippen molar-refractivity contribution in [3.8, 4) is 0 Å². The van der Waals surface area contributed by atoms with Crippen molar-refractivity contribution in [1.29, 1.82) is 0 Å². The zero-order valence-electron chi connectivity index (χ0n) is 8.25. The fourth-order valence-electron chi connectivity index (χ4n) is 0.977. The summed E-state index contributed by atoms with van der Waals surface area (Å²) >= 11 is 0. The molecule has 0 fully saturated rings. The summed E-state index contributed by atoms with van der Waals surface area (Å²) in [5.74, 6) is 0.221. The van der Waals surface area contributed by atoms with E-state index < -0.39 is 16.0 Å². The van der Waals surface area contributed by atoms with Gasteiger partial charge < -0.3 is 9.87 Å². The molecule has 13 heavy (non-hydrogen) atoms. The minimum Gasteiger partial charge on any atom is -0.747 e. The molecule has 1 N–H and O–H groups in total. The van der Waals surface area contributed by atoms with E-state index in [1.807, 2.05) is 0 Å². The molecule has 0 aliphatic heterocycles. The van der Waals surface area contributed by atoms with E-state index in [2.05, 4.69) is 19.2 Å². The van der Waals surface area contributed by atoms with Crippen molar-refractivity contribution in [3.05, 3.63) is 0 Å². The minimum atomic E-state index is -4.09. The maximum atomic E-state index is 10.2. The number of hydrogen-bond acceptors (Lipinski definition) is 4. The summed E-state index contributed by atoms with van der Waals surface area (Å²) in [5, 5.41) is 2.60. The summed E-state index contributed by atoms with van der Waals surface area (Å²) in [4.78, 5) is 0. The van der Waals surface area contributed by atoms with Gasteiger partial charge in [-0.05, 0) is 25.3 Å². The van der Waals surface area contributed by atoms with E-state index in [4.69, 9.17) is 0 Å². The lowest BCUT2D eigenvalue weighted by atomic mass is 10.0. The Morgan fingerprint density at radius 1 is 1.46 bits per heavy atom. The van der Waals surface area contributed by atoms with E-state index in [1.165, 1.54) is 0 Å². The normalized spacial score (nSPS) is 14.4. The van der Waals surface area contributed by atoms with Gasteiger partial charge in [-0.25, -0.2) is 8.42 Å². The van der Waals surface area contributed by atoms with E-state index in [1.54, 1.807) is 0 Å². The molecule has 0 spiro atoms. The summed E-state index contributed by atoms with van der Waals surface area (Å²) in [7, 11) is -4.09. The van der Waals surface area contributed by atoms with E-state index in [-0.39, 0.29) is 0 Å². The molecule has 4 nitrogen and oxygen atoms in total. The predicted octanol–water partition coefficient (Wildman–Crippen LogP) is 0.905. The molecule has 0 radical (unpaired) electrons. The Morgan fingerprint density at radius 2 is 2.08 bits per heavy atom. The van der Waals surface area contributed by atoms with Gasteiger partial charge in [0.1, 0.15) is 10.1 Å². The van der Waals surface area contributed by atoms with Crippen LogP contribution in [0.3, 0.4) is 0 Å². The Morgan fingerprint density at radius 3 is 2.54 bits per heavy atom. The van der Waals surface area contributed by atoms with Gasteiger partial charge in [0.15, 0.2) is 0 Å². The summed E-state index contributed by atoms with van der Waals surface area (Å²) in [6.07, 6.45) is 3.13. The van der Waals surface area contributed by atoms with Gasteiger partial charge in [-0.15, -0.1) is 0 Å². The summed E-state index contributed by atoms with van der Waals surface area (Å²) in [5.41, 5.74) is 0. The topological polar surface area (TPSA) is 69.2 Å². The highest BCUT2D eigenvalue weighted by Crippen LogP contribution is 2.07. The van der Waals surface area contributed by atoms with Crippen LogP contribution in [0.1, 0.15) is 33.1 Å². The van der Waals surface area contributed by atoms with Gasteiger partial charge in [-0.1, -0.05) is 20.3 Å². The molecule has 0 aromatic rings. The van der Waals surface area contributed by atoms with Crippen molar-refractivity contribution < 1.29 is 13.0 Å². The van der Waals surface area contributed by atoms with Gasteiger partial charge in [0.25, 0.3) is 0 Å². The zero-order chi connectivity index (χ0) is 10.3. The molecule has 1 atom stereocenters. The summed E-state index contributed by atoms with van der Waals surface area (Å²) in [6, 6.07) is 0. The molecular weight excluding hydrogens is 190 g/mol. The first-order valence-electron chi connectivity index (χ1n) is 4.60. The van der Waals surface area contributed by atoms with E-state index in [0.717, 1.165) is 19.3 Å². The first-order valence-corrected chi connectivity index (χ1v) is 6.17. The van der Waals surface area contributed by atoms with Gasteiger partial charge in [-0.2, -0.15) is 0 Å². The predicted molar refractivity (Wildman–Crippen MR) is 51.3 cm³/mol. The smallest absolute Gasteiger partial charge is 0.108 e. The zero-order valence-corrected chi connectivity index (χ0v) is 9.06. The van der Waals surface area contributed by atoms with Gasteiger partial charge in [0, 0.05) is 0 Å². The molecular formula is C8H18NO3S-. The van der Waals surface area contributed by atoms with Crippen molar-refractivity contribution >= 4 is 10.1 Å². The van der Waals surface area contributed by atoms with Crippen LogP contribution in [-0.4, -0.2) is 25.4 Å². The number of hydrogen-bond donors (Lipinski definition) is 1. The van der Waals surface area contributed by atoms with Crippen LogP contribution < -0.4 is 5.32 Å². The fraction of sp³-hybridized carbons (Fsp3) is 1.00. The molecule has 0 aromatic carbocycles. The van der Waals surface area contributed by atoms with Crippen molar-refractivity contribution in [3.63, 3.8) is 0 Å². The van der Waals surface area contributed by atoms with Crippen LogP contribution in [0.25, 0.3) is 0 Å². The molecule has 0 saturated carbocycles. The Kier molecular flexibility index (Phi) is 6.28. The molecule has 0 rings (SSSR count). The maximum Gasteiger partial charge on any atom is 0.108 e. The van der Waals surface area contributed by atoms with Crippen LogP contribution in [0.5, 0.6) is 0 Å². The molecule has 0 heterocycles. The summed E-state index contributed by atoms with van der Waals surface area (Å²) < 4.78 is 30.5. The van der Waals surface area contributed by atoms with Gasteiger partial charge in [0.2, 0.25) is 0 Å². The summed E-state index contributed by atoms with van der Waals surface area (Å²) in [6.45, 7) is 4.89. The molecule has 0 aliphatic carbocycles. The molecule has 0 aromatic heterocycles. The second-order valence-electron chi connectivity index (χ2n) is 3.36. The molecule has 0 saturated heterocycles. The Hall–Kier alpha value is -0.130. The first kappa shape index (κ1) is 12.9. The highest BCUT2D eigenvalue weighted by molar-refractivity contribution is 7.85. The van der Waals surface area contributed by atoms with Crippen molar-refractivity contribution in [2.75, 3.05) is 12.4 Å². The average Bonchev–Trinajstić information content (AvgIpc) is 2.01. The van der Waals surface area contributed by atoms with Gasteiger partial charge in [0.05, 0.1) is 5.88 Å². The quantitative estimate of drug-likeness (QED) is 0.498. The van der Waals surface area contributed by atoms with E-state index >= 15 is 0 Å². The van der Waals surface area contributed by atoms with E-state index in [9.17, 15) is 13.0 Å². The van der Waals surface area contributed by atoms with Crippen LogP contribution in [-0.2, 0) is 10.1 Å². The first-order chi connectivity index (χ1) is 5.95. The van der Waals surface area contributed by atoms with E-state index in [0.29, 0.717) is 12.5 Å². The van der Waals surface area contributed by atoms with Gasteiger partial charge >= 0.3 is 0 Å². The van der Waals surface area contributed by atoms with Crippen LogP contribution in [0.4, 0.5) is 0 Å². The lowest BCUT2D eigenvalue weighted by molar-refractivity contribution is 0.451. The molecule has 1 unspecified atom stereocenters. The molecule has 0 aliphatic rings. The van der Waals surface area contributed by atoms with Crippen LogP contribution in [0, 0.1) is 5.92 Å². The van der Waals surface area contributed by atoms with Crippen LogP contribution >= 0.6 is 0 Å². The molecule has 5 heteroatoms. The van der Waals surface area contributed by atoms with Gasteiger partial charge in [-0.3, -0.25) is 0 Å². The highest BCUT2D eigenvalue weighted by atomic mass is 32.2. The molecule has 0 bridgehead atoms. The lowest BCUT2D eigenvalue weighted by Gasteiger charge is -2.10. The Balaban J connectivity index is 3.27. The number of nitrogens with one attached hydrogen (secondary N) is 1. The highest BCUT2D eigenvalue weighted by Gasteiger charge is 1.98. The SMILES string of the molecule is CCC(C)CCCNCS(=O)(=O)[O-]. The maximum absolute atomic E-state index is 10.2. The number of rotatable bonds is 7. The second kappa shape index (κ2) is 6.34. The lowest BCUT2D eigenvalue weighted by Crippen LogP contribution is -2.23. The van der Waals surface area contributed by atoms with Crippen LogP contribution in [0.15, 0.2) is 0 Å².